The molecule has 0 aliphatic carbocycles. The van der Waals surface area contributed by atoms with Crippen molar-refractivity contribution in [1.29, 1.82) is 0 Å². The first kappa shape index (κ1) is 65.4. The molecule has 9 heterocycles. The minimum absolute atomic E-state index is 0.159. The van der Waals surface area contributed by atoms with Crippen LogP contribution in [0.2, 0.25) is 0 Å². The average Bonchev–Trinajstić information content (AvgIpc) is 4.26. The van der Waals surface area contributed by atoms with E-state index in [9.17, 15) is 44.1 Å². The number of hydrogen-bond donors (Lipinski definition) is 6. The molecule has 6 N–H and O–H groups in total. The lowest BCUT2D eigenvalue weighted by Crippen LogP contribution is -2.58. The molecule has 6 saturated heterocycles. The molecule has 6 fully saturated rings. The third kappa shape index (κ3) is 20.8. The van der Waals surface area contributed by atoms with Gasteiger partial charge in [-0.15, -0.1) is 0 Å². The molecule has 82 heavy (non-hydrogen) atoms. The van der Waals surface area contributed by atoms with E-state index in [2.05, 4.69) is 72.3 Å². The first-order chi connectivity index (χ1) is 39.1. The van der Waals surface area contributed by atoms with Crippen molar-refractivity contribution in [2.75, 3.05) is 17.3 Å². The molecule has 0 spiro atoms. The number of hydrogen-bond acceptors (Lipinski definition) is 18. The van der Waals surface area contributed by atoms with Gasteiger partial charge in [0.15, 0.2) is 17.4 Å². The van der Waals surface area contributed by atoms with Gasteiger partial charge in [0.25, 0.3) is 15.7 Å². The van der Waals surface area contributed by atoms with Gasteiger partial charge in [0.05, 0.1) is 36.4 Å². The van der Waals surface area contributed by atoms with Gasteiger partial charge >= 0.3 is 17.9 Å². The van der Waals surface area contributed by atoms with Crippen LogP contribution in [-0.4, -0.2) is 138 Å². The number of ether oxygens (including phenoxy) is 6. The number of carbonyl (C=O) groups excluding carboxylic acids is 6. The van der Waals surface area contributed by atoms with Crippen molar-refractivity contribution < 1.29 is 72.5 Å². The Morgan fingerprint density at radius 3 is 1.22 bits per heavy atom. The number of rotatable bonds is 3. The summed E-state index contributed by atoms with van der Waals surface area (Å²) >= 11 is 3.41. The highest BCUT2D eigenvalue weighted by Gasteiger charge is 2.52. The summed E-state index contributed by atoms with van der Waals surface area (Å²) in [6.45, 7) is 10.1. The van der Waals surface area contributed by atoms with Crippen LogP contribution < -0.4 is 16.0 Å². The predicted molar refractivity (Wildman–Crippen MR) is 317 cm³/mol. The molecular formula is C61H87N3O15S3. The van der Waals surface area contributed by atoms with Gasteiger partial charge in [-0.05, 0) is 116 Å². The second kappa shape index (κ2) is 31.3. The normalized spacial score (nSPS) is 40.9. The largest absolute Gasteiger partial charge is 0.459 e. The maximum absolute atomic E-state index is 12.4. The molecule has 0 aromatic carbocycles. The molecule has 6 bridgehead atoms. The zero-order valence-corrected chi connectivity index (χ0v) is 50.7. The molecule has 454 valence electrons. The van der Waals surface area contributed by atoms with Crippen molar-refractivity contribution >= 4 is 68.9 Å². The van der Waals surface area contributed by atoms with Crippen molar-refractivity contribution in [1.82, 2.24) is 16.0 Å². The summed E-state index contributed by atoms with van der Waals surface area (Å²) in [5.41, 5.74) is 2.92. The van der Waals surface area contributed by atoms with E-state index >= 15 is 0 Å². The Balaban J connectivity index is 0.000000177. The van der Waals surface area contributed by atoms with Crippen LogP contribution in [0.5, 0.6) is 0 Å². The number of amides is 3. The molecule has 0 saturated carbocycles. The summed E-state index contributed by atoms with van der Waals surface area (Å²) in [6.07, 6.45) is 33.1. The molecule has 9 aliphatic rings. The van der Waals surface area contributed by atoms with Crippen molar-refractivity contribution in [3.63, 3.8) is 0 Å². The van der Waals surface area contributed by atoms with E-state index < -0.39 is 53.8 Å². The Hall–Kier alpha value is -4.19. The topological polar surface area (TPSA) is 255 Å². The van der Waals surface area contributed by atoms with Crippen molar-refractivity contribution in [2.24, 2.45) is 11.8 Å². The number of esters is 3. The van der Waals surface area contributed by atoms with Crippen LogP contribution >= 0.6 is 35.3 Å². The number of fused-ring (bicyclic) bond motifs is 6. The minimum Gasteiger partial charge on any atom is -0.459 e. The molecule has 0 radical (unpaired) electrons. The fourth-order valence-corrected chi connectivity index (χ4v) is 14.2. The third-order valence-electron chi connectivity index (χ3n) is 16.1. The van der Waals surface area contributed by atoms with Gasteiger partial charge in [-0.3, -0.25) is 14.4 Å². The monoisotopic (exact) mass is 1200 g/mol. The molecule has 2 unspecified atom stereocenters. The zero-order chi connectivity index (χ0) is 58.9. The van der Waals surface area contributed by atoms with Gasteiger partial charge < -0.3 is 59.7 Å². The van der Waals surface area contributed by atoms with Crippen LogP contribution in [0, 0.1) is 11.8 Å². The second-order valence-corrected chi connectivity index (χ2v) is 26.5. The molecule has 18 nitrogen and oxygen atoms in total. The standard InChI is InChI=1S/C22H31NO5S.C20H29NO5S.C19H27NO5S/c1-15-7-5-3-4-6-8-16(2)11-20(24)27-18-12-17(10-9-15)28-22(26,13-18)19-14-29-21(25)23-19;1-13-5-3-4-6-14(2)9-18(22)25-16-10-15(8-7-13)26-20(24,11-16)17-12-27-19(23)21-17;1-13-7-5-3-2-4-6-8-14-10-15(24-17(21)9-13)11-19(23,25-14)16-12-26-18(22)20-16/h3-5,7,11,15,17-19,26H,6,8-10,12-14H2,1-2H3,(H,23,25);3,5,9,13,15-17,24H,4,6-8,10-12H2,1-2H3,(H,21,23);2-3,9,14-16,23H,4-8,10-12H2,1H3,(H,20,22)/b4-3+,7-5-,16-11-;5-3-,14-9-;3-2-,13-9-/t15-,17-,18-,19+,22-;13-,15?,16-,17+,20-;14?,15-,16+,19-/m111/s1. The number of nitrogens with one attached hydrogen (secondary N) is 3. The van der Waals surface area contributed by atoms with E-state index in [-0.39, 0.29) is 71.2 Å². The summed E-state index contributed by atoms with van der Waals surface area (Å²) in [4.78, 5) is 71.7. The molecule has 9 aliphatic heterocycles. The van der Waals surface area contributed by atoms with Gasteiger partial charge in [0.2, 0.25) is 0 Å². The van der Waals surface area contributed by atoms with Gasteiger partial charge in [-0.1, -0.05) is 114 Å². The molecule has 14 atom stereocenters. The highest BCUT2D eigenvalue weighted by Crippen LogP contribution is 2.40. The maximum Gasteiger partial charge on any atom is 0.330 e. The first-order valence-electron chi connectivity index (χ1n) is 29.4. The van der Waals surface area contributed by atoms with E-state index in [1.165, 1.54) is 12.2 Å². The average molecular weight is 1200 g/mol. The quantitative estimate of drug-likeness (QED) is 0.0873. The number of carbonyl (C=O) groups is 6. The Morgan fingerprint density at radius 2 is 0.817 bits per heavy atom. The Kier molecular flexibility index (Phi) is 24.9. The van der Waals surface area contributed by atoms with E-state index in [1.807, 2.05) is 26.8 Å². The zero-order valence-electron chi connectivity index (χ0n) is 48.2. The summed E-state index contributed by atoms with van der Waals surface area (Å²) in [7, 11) is 0. The molecule has 0 aromatic heterocycles. The Bertz CT molecular complexity index is 2460. The van der Waals surface area contributed by atoms with E-state index in [4.69, 9.17) is 28.4 Å². The van der Waals surface area contributed by atoms with Crippen molar-refractivity contribution in [2.45, 2.75) is 229 Å². The maximum atomic E-state index is 12.4. The fourth-order valence-electron chi connectivity index (χ4n) is 11.5. The SMILES string of the molecule is C/C1=C/C(=O)O[C@@H]2CC(CCC/C=C\CC1)O[C@@](O)([C@@H]1CSC(=O)N1)C2.C/C1=C/C(=O)O[C@@H]2CC(CC[C@H](C)/C=C\CC1)O[C@@](O)([C@@H]1CSC(=O)N1)C2.C/C1=C/C(=O)O[C@@H]2C[C@@H](CC[C@H](C)/C=C\C=C\CC1)O[C@@](O)([C@@H]1CSC(=O)N1)C2. The number of thioether (sulfide) groups is 3. The van der Waals surface area contributed by atoms with E-state index in [1.54, 1.807) is 6.08 Å². The smallest absolute Gasteiger partial charge is 0.330 e. The lowest BCUT2D eigenvalue weighted by atomic mass is 9.90. The van der Waals surface area contributed by atoms with Gasteiger partial charge in [0.1, 0.15) is 18.3 Å². The summed E-state index contributed by atoms with van der Waals surface area (Å²) in [5, 5.41) is 41.2. The predicted octanol–water partition coefficient (Wildman–Crippen LogP) is 10.2. The number of allylic oxidation sites excluding steroid dienone is 11. The lowest BCUT2D eigenvalue weighted by molar-refractivity contribution is -0.284. The van der Waals surface area contributed by atoms with Crippen LogP contribution in [0.4, 0.5) is 14.4 Å². The van der Waals surface area contributed by atoms with Crippen LogP contribution in [0.1, 0.15) is 157 Å². The molecule has 9 rings (SSSR count). The van der Waals surface area contributed by atoms with Crippen LogP contribution in [0.3, 0.4) is 0 Å². The number of aliphatic hydroxyl groups is 3. The van der Waals surface area contributed by atoms with Crippen LogP contribution in [-0.2, 0) is 42.8 Å². The summed E-state index contributed by atoms with van der Waals surface area (Å²) in [6, 6.07) is -1.48. The highest BCUT2D eigenvalue weighted by molar-refractivity contribution is 8.14. The van der Waals surface area contributed by atoms with Gasteiger partial charge in [0, 0.05) is 74.0 Å². The molecule has 3 amide bonds. The van der Waals surface area contributed by atoms with Gasteiger partial charge in [-0.25, -0.2) is 14.4 Å². The summed E-state index contributed by atoms with van der Waals surface area (Å²) in [5.74, 6) is -3.56. The fraction of sp³-hybridized carbons (Fsp3) is 0.672. The Morgan fingerprint density at radius 1 is 0.451 bits per heavy atom. The lowest BCUT2D eigenvalue weighted by Gasteiger charge is -2.43. The molecule has 21 heteroatoms. The molecule has 0 aromatic rings. The summed E-state index contributed by atoms with van der Waals surface area (Å²) < 4.78 is 35.1. The van der Waals surface area contributed by atoms with Crippen molar-refractivity contribution in [3.8, 4) is 0 Å². The minimum atomic E-state index is -1.53. The van der Waals surface area contributed by atoms with Crippen LogP contribution in [0.15, 0.2) is 83.6 Å². The van der Waals surface area contributed by atoms with Crippen molar-refractivity contribution in [3.05, 3.63) is 83.6 Å². The van der Waals surface area contributed by atoms with Crippen LogP contribution in [0.25, 0.3) is 0 Å². The second-order valence-electron chi connectivity index (χ2n) is 23.5. The van der Waals surface area contributed by atoms with Gasteiger partial charge in [-0.2, -0.15) is 0 Å². The first-order valence-corrected chi connectivity index (χ1v) is 32.4. The van der Waals surface area contributed by atoms with E-state index in [0.29, 0.717) is 48.4 Å². The Labute approximate surface area is 496 Å². The molecular weight excluding hydrogens is 1110 g/mol. The third-order valence-corrected chi connectivity index (χ3v) is 18.7. The van der Waals surface area contributed by atoms with E-state index in [0.717, 1.165) is 135 Å². The highest BCUT2D eigenvalue weighted by atomic mass is 32.2.